The summed E-state index contributed by atoms with van der Waals surface area (Å²) in [5, 5.41) is 0.970. The van der Waals surface area contributed by atoms with E-state index < -0.39 is 5.97 Å². The van der Waals surface area contributed by atoms with Gasteiger partial charge in [-0.15, -0.1) is 0 Å². The first-order valence-electron chi connectivity index (χ1n) is 13.1. The van der Waals surface area contributed by atoms with Gasteiger partial charge in [0, 0.05) is 22.7 Å². The average Bonchev–Trinajstić information content (AvgIpc) is 2.98. The molecular formula is C34H27ClO6. The predicted molar refractivity (Wildman–Crippen MR) is 160 cm³/mol. The number of carbonyl (C=O) groups excluding carboxylic acids is 1. The van der Waals surface area contributed by atoms with Crippen LogP contribution in [0.15, 0.2) is 113 Å². The Bertz CT molecular complexity index is 1770. The Morgan fingerprint density at radius 1 is 0.902 bits per heavy atom. The Labute approximate surface area is 242 Å². The van der Waals surface area contributed by atoms with Crippen LogP contribution in [0.3, 0.4) is 0 Å². The van der Waals surface area contributed by atoms with Crippen molar-refractivity contribution in [2.45, 2.75) is 26.4 Å². The van der Waals surface area contributed by atoms with Crippen LogP contribution in [0.2, 0.25) is 5.02 Å². The lowest BCUT2D eigenvalue weighted by atomic mass is 10.0. The van der Waals surface area contributed by atoms with Crippen LogP contribution in [0.25, 0.3) is 17.0 Å². The molecule has 0 aliphatic heterocycles. The summed E-state index contributed by atoms with van der Waals surface area (Å²) in [7, 11) is 0. The van der Waals surface area contributed by atoms with Crippen molar-refractivity contribution in [3.63, 3.8) is 0 Å². The molecule has 0 fully saturated rings. The smallest absolute Gasteiger partial charge is 0.336 e. The molecule has 0 radical (unpaired) electrons. The monoisotopic (exact) mass is 566 g/mol. The molecule has 206 valence electrons. The third-order valence-corrected chi connectivity index (χ3v) is 6.71. The lowest BCUT2D eigenvalue weighted by molar-refractivity contribution is -0.128. The summed E-state index contributed by atoms with van der Waals surface area (Å²) in [5.74, 6) is 1.26. The Morgan fingerprint density at radius 3 is 2.41 bits per heavy atom. The normalized spacial score (nSPS) is 11.2. The summed E-state index contributed by atoms with van der Waals surface area (Å²) in [4.78, 5) is 25.5. The van der Waals surface area contributed by atoms with Gasteiger partial charge in [0.15, 0.2) is 0 Å². The highest BCUT2D eigenvalue weighted by atomic mass is 35.5. The third kappa shape index (κ3) is 6.86. The Morgan fingerprint density at radius 2 is 1.63 bits per heavy atom. The van der Waals surface area contributed by atoms with Crippen molar-refractivity contribution < 1.29 is 23.4 Å². The fourth-order valence-corrected chi connectivity index (χ4v) is 4.35. The van der Waals surface area contributed by atoms with Crippen molar-refractivity contribution in [3.05, 3.63) is 135 Å². The number of hydrogen-bond donors (Lipinski definition) is 0. The van der Waals surface area contributed by atoms with Crippen LogP contribution in [0.4, 0.5) is 0 Å². The fourth-order valence-electron chi connectivity index (χ4n) is 4.16. The zero-order valence-electron chi connectivity index (χ0n) is 22.5. The summed E-state index contributed by atoms with van der Waals surface area (Å²) >= 11 is 6.17. The molecule has 7 heteroatoms. The third-order valence-electron chi connectivity index (χ3n) is 6.34. The second-order valence-corrected chi connectivity index (χ2v) is 9.99. The molecular weight excluding hydrogens is 540 g/mol. The van der Waals surface area contributed by atoms with Gasteiger partial charge in [-0.25, -0.2) is 4.79 Å². The second-order valence-electron chi connectivity index (χ2n) is 9.59. The predicted octanol–water partition coefficient (Wildman–Crippen LogP) is 8.56. The van der Waals surface area contributed by atoms with Gasteiger partial charge in [-0.1, -0.05) is 74.0 Å². The van der Waals surface area contributed by atoms with Crippen molar-refractivity contribution in [2.24, 2.45) is 0 Å². The van der Waals surface area contributed by atoms with Crippen molar-refractivity contribution in [3.8, 4) is 23.0 Å². The molecule has 0 atom stereocenters. The minimum Gasteiger partial charge on any atom is -0.489 e. The Hall–Kier alpha value is -4.81. The van der Waals surface area contributed by atoms with Gasteiger partial charge in [-0.05, 0) is 59.5 Å². The minimum absolute atomic E-state index is 0.0820. The van der Waals surface area contributed by atoms with Gasteiger partial charge in [-0.2, -0.15) is 0 Å². The van der Waals surface area contributed by atoms with Crippen LogP contribution in [-0.2, 0) is 11.4 Å². The molecule has 1 aromatic heterocycles. The maximum atomic E-state index is 13.0. The van der Waals surface area contributed by atoms with E-state index in [4.69, 9.17) is 30.2 Å². The van der Waals surface area contributed by atoms with Gasteiger partial charge in [0.05, 0.1) is 5.39 Å². The lowest BCUT2D eigenvalue weighted by Crippen LogP contribution is -2.07. The zero-order valence-corrected chi connectivity index (χ0v) is 23.3. The van der Waals surface area contributed by atoms with E-state index in [1.807, 2.05) is 72.8 Å². The lowest BCUT2D eigenvalue weighted by Gasteiger charge is -2.13. The van der Waals surface area contributed by atoms with Crippen molar-refractivity contribution in [1.82, 2.24) is 0 Å². The molecule has 0 bridgehead atoms. The van der Waals surface area contributed by atoms with Crippen LogP contribution in [0, 0.1) is 0 Å². The highest BCUT2D eigenvalue weighted by Gasteiger charge is 2.14. The summed E-state index contributed by atoms with van der Waals surface area (Å²) < 4.78 is 22.8. The van der Waals surface area contributed by atoms with Crippen LogP contribution >= 0.6 is 11.6 Å². The molecule has 41 heavy (non-hydrogen) atoms. The molecule has 6 nitrogen and oxygen atoms in total. The van der Waals surface area contributed by atoms with E-state index in [1.165, 1.54) is 18.4 Å². The van der Waals surface area contributed by atoms with E-state index in [0.29, 0.717) is 28.5 Å². The molecule has 1 heterocycles. The van der Waals surface area contributed by atoms with E-state index in [0.717, 1.165) is 16.7 Å². The topological polar surface area (TPSA) is 75.0 Å². The SMILES string of the molecule is CC(C)c1ccccc1Oc1coc2cc(OC(=O)/C=C/c3ccc(OCc4ccccc4Cl)cc3)ccc2c1=O. The van der Waals surface area contributed by atoms with E-state index in [9.17, 15) is 9.59 Å². The number of para-hydroxylation sites is 1. The number of carbonyl (C=O) groups is 1. The zero-order chi connectivity index (χ0) is 28.8. The van der Waals surface area contributed by atoms with Gasteiger partial charge < -0.3 is 18.6 Å². The molecule has 0 aliphatic rings. The highest BCUT2D eigenvalue weighted by molar-refractivity contribution is 6.31. The van der Waals surface area contributed by atoms with Crippen molar-refractivity contribution >= 4 is 34.6 Å². The standard InChI is InChI=1S/C34H27ClO6/c1-22(2)27-8-4-6-10-30(27)41-32-21-39-31-19-26(16-17-28(31)34(32)37)40-33(36)18-13-23-11-14-25(15-12-23)38-20-24-7-3-5-9-29(24)35/h3-19,21-22H,20H2,1-2H3/b18-13+. The van der Waals surface area contributed by atoms with Crippen LogP contribution < -0.4 is 19.6 Å². The summed E-state index contributed by atoms with van der Waals surface area (Å²) in [6, 6.07) is 27.0. The molecule has 5 rings (SSSR count). The molecule has 0 spiro atoms. The number of fused-ring (bicyclic) bond motifs is 1. The van der Waals surface area contributed by atoms with E-state index in [1.54, 1.807) is 18.2 Å². The number of ether oxygens (including phenoxy) is 3. The van der Waals surface area contributed by atoms with Gasteiger partial charge >= 0.3 is 5.97 Å². The molecule has 0 aliphatic carbocycles. The van der Waals surface area contributed by atoms with Crippen molar-refractivity contribution in [1.29, 1.82) is 0 Å². The van der Waals surface area contributed by atoms with E-state index >= 15 is 0 Å². The quantitative estimate of drug-likeness (QED) is 0.101. The van der Waals surface area contributed by atoms with Crippen LogP contribution in [0.1, 0.15) is 36.5 Å². The van der Waals surface area contributed by atoms with Crippen LogP contribution in [0.5, 0.6) is 23.0 Å². The number of benzene rings is 4. The first-order valence-corrected chi connectivity index (χ1v) is 13.4. The molecule has 0 unspecified atom stereocenters. The Balaban J connectivity index is 1.21. The van der Waals surface area contributed by atoms with Gasteiger partial charge in [0.1, 0.15) is 35.7 Å². The Kier molecular flexibility index (Phi) is 8.51. The molecule has 0 saturated heterocycles. The maximum Gasteiger partial charge on any atom is 0.336 e. The average molecular weight is 567 g/mol. The highest BCUT2D eigenvalue weighted by Crippen LogP contribution is 2.30. The van der Waals surface area contributed by atoms with E-state index in [-0.39, 0.29) is 28.4 Å². The summed E-state index contributed by atoms with van der Waals surface area (Å²) in [6.07, 6.45) is 4.23. The van der Waals surface area contributed by atoms with Gasteiger partial charge in [0.25, 0.3) is 0 Å². The number of esters is 1. The summed E-state index contributed by atoms with van der Waals surface area (Å²) in [5.41, 5.74) is 2.64. The fraction of sp³-hybridized carbons (Fsp3) is 0.118. The van der Waals surface area contributed by atoms with Crippen molar-refractivity contribution in [2.75, 3.05) is 0 Å². The molecule has 5 aromatic rings. The van der Waals surface area contributed by atoms with Gasteiger partial charge in [0.2, 0.25) is 11.2 Å². The summed E-state index contributed by atoms with van der Waals surface area (Å²) in [6.45, 7) is 4.46. The van der Waals surface area contributed by atoms with Gasteiger partial charge in [-0.3, -0.25) is 4.79 Å². The van der Waals surface area contributed by atoms with E-state index in [2.05, 4.69) is 13.8 Å². The minimum atomic E-state index is -0.573. The second kappa shape index (κ2) is 12.6. The number of rotatable bonds is 9. The molecule has 4 aromatic carbocycles. The largest absolute Gasteiger partial charge is 0.489 e. The number of halogens is 1. The first-order chi connectivity index (χ1) is 19.9. The first kappa shape index (κ1) is 27.7. The van der Waals surface area contributed by atoms with Crippen LogP contribution in [-0.4, -0.2) is 5.97 Å². The maximum absolute atomic E-state index is 13.0. The number of hydrogen-bond acceptors (Lipinski definition) is 6. The molecule has 0 N–H and O–H groups in total. The molecule has 0 saturated carbocycles. The molecule has 0 amide bonds.